The number of carbonyl (C=O) groups excluding carboxylic acids is 2. The summed E-state index contributed by atoms with van der Waals surface area (Å²) in [5.74, 6) is -0.397. The molecule has 1 aromatic heterocycles. The van der Waals surface area contributed by atoms with Crippen LogP contribution in [0.3, 0.4) is 0 Å². The first kappa shape index (κ1) is 8.45. The van der Waals surface area contributed by atoms with Crippen molar-refractivity contribution >= 4 is 12.3 Å². The minimum Gasteiger partial charge on any atom is -0.463 e. The molecule has 1 aromatic rings. The average molecular weight is 168 g/mol. The van der Waals surface area contributed by atoms with Crippen LogP contribution in [0.25, 0.3) is 0 Å². The van der Waals surface area contributed by atoms with Crippen molar-refractivity contribution in [3.05, 3.63) is 18.2 Å². The number of hydrogen-bond acceptors (Lipinski definition) is 4. The molecule has 0 spiro atoms. The molecule has 5 nitrogen and oxygen atoms in total. The summed E-state index contributed by atoms with van der Waals surface area (Å²) in [5.41, 5.74) is 0. The second-order valence-corrected chi connectivity index (χ2v) is 2.06. The molecule has 0 atom stereocenters. The number of carbonyl (C=O) groups is 2. The lowest BCUT2D eigenvalue weighted by Gasteiger charge is -2.00. The van der Waals surface area contributed by atoms with Gasteiger partial charge in [0, 0.05) is 12.4 Å². The summed E-state index contributed by atoms with van der Waals surface area (Å²) in [6.07, 6.45) is 3.67. The quantitative estimate of drug-likeness (QED) is 0.466. The molecule has 1 rings (SSSR count). The summed E-state index contributed by atoms with van der Waals surface area (Å²) < 4.78 is 5.86. The van der Waals surface area contributed by atoms with Crippen molar-refractivity contribution in [1.29, 1.82) is 0 Å². The van der Waals surface area contributed by atoms with E-state index in [4.69, 9.17) is 0 Å². The van der Waals surface area contributed by atoms with Gasteiger partial charge in [-0.2, -0.15) is 0 Å². The van der Waals surface area contributed by atoms with Crippen LogP contribution in [0.4, 0.5) is 0 Å². The van der Waals surface area contributed by atoms with E-state index in [1.165, 1.54) is 17.9 Å². The summed E-state index contributed by atoms with van der Waals surface area (Å²) in [5, 5.41) is 0. The highest BCUT2D eigenvalue weighted by atomic mass is 16.5. The minimum absolute atomic E-state index is 0.116. The van der Waals surface area contributed by atoms with Crippen LogP contribution in [-0.4, -0.2) is 28.9 Å². The molecule has 0 amide bonds. The fourth-order valence-corrected chi connectivity index (χ4v) is 0.818. The summed E-state index contributed by atoms with van der Waals surface area (Å²) in [6.45, 7) is 0.116. The van der Waals surface area contributed by atoms with Gasteiger partial charge in [-0.3, -0.25) is 0 Å². The summed E-state index contributed by atoms with van der Waals surface area (Å²) >= 11 is 0. The molecule has 0 unspecified atom stereocenters. The van der Waals surface area contributed by atoms with Gasteiger partial charge in [-0.05, 0) is 0 Å². The average Bonchev–Trinajstić information content (AvgIpc) is 2.52. The lowest BCUT2D eigenvalue weighted by molar-refractivity contribution is -0.108. The topological polar surface area (TPSA) is 61.2 Å². The standard InChI is InChI=1S/C7H8N2O3/c1-12-7(11)6-8-2-3-9(6)4-5-10/h2-3,5H,4H2,1H3. The number of nitrogens with zero attached hydrogens (tertiary/aromatic N) is 2. The minimum atomic E-state index is -0.540. The smallest absolute Gasteiger partial charge is 0.374 e. The number of aromatic nitrogens is 2. The van der Waals surface area contributed by atoms with Crippen molar-refractivity contribution in [2.45, 2.75) is 6.54 Å². The summed E-state index contributed by atoms with van der Waals surface area (Å²) in [4.78, 5) is 24.8. The third-order valence-electron chi connectivity index (χ3n) is 1.35. The molecule has 0 bridgehead atoms. The van der Waals surface area contributed by atoms with Crippen LogP contribution < -0.4 is 0 Å². The SMILES string of the molecule is COC(=O)c1nccn1CC=O. The number of rotatable bonds is 3. The van der Waals surface area contributed by atoms with E-state index in [0.717, 1.165) is 0 Å². The molecule has 64 valence electrons. The number of methoxy groups -OCH3 is 1. The molecule has 1 heterocycles. The summed E-state index contributed by atoms with van der Waals surface area (Å²) in [7, 11) is 1.27. The second-order valence-electron chi connectivity index (χ2n) is 2.06. The summed E-state index contributed by atoms with van der Waals surface area (Å²) in [6, 6.07) is 0. The van der Waals surface area contributed by atoms with Gasteiger partial charge in [-0.25, -0.2) is 9.78 Å². The van der Waals surface area contributed by atoms with Gasteiger partial charge < -0.3 is 14.1 Å². The first-order valence-corrected chi connectivity index (χ1v) is 3.32. The largest absolute Gasteiger partial charge is 0.463 e. The van der Waals surface area contributed by atoms with Gasteiger partial charge in [0.2, 0.25) is 5.82 Å². The van der Waals surface area contributed by atoms with Crippen LogP contribution in [0, 0.1) is 0 Å². The van der Waals surface area contributed by atoms with E-state index in [1.54, 1.807) is 6.20 Å². The molecule has 0 saturated heterocycles. The monoisotopic (exact) mass is 168 g/mol. The first-order valence-electron chi connectivity index (χ1n) is 3.32. The van der Waals surface area contributed by atoms with Crippen molar-refractivity contribution in [3.8, 4) is 0 Å². The Morgan fingerprint density at radius 1 is 1.83 bits per heavy atom. The van der Waals surface area contributed by atoms with Crippen molar-refractivity contribution < 1.29 is 14.3 Å². The zero-order valence-electron chi connectivity index (χ0n) is 6.56. The van der Waals surface area contributed by atoms with E-state index in [0.29, 0.717) is 6.29 Å². The van der Waals surface area contributed by atoms with Crippen LogP contribution >= 0.6 is 0 Å². The lowest BCUT2D eigenvalue weighted by atomic mass is 10.5. The molecule has 5 heteroatoms. The molecule has 0 radical (unpaired) electrons. The van der Waals surface area contributed by atoms with Crippen molar-refractivity contribution in [2.24, 2.45) is 0 Å². The highest BCUT2D eigenvalue weighted by molar-refractivity contribution is 5.85. The van der Waals surface area contributed by atoms with E-state index >= 15 is 0 Å². The van der Waals surface area contributed by atoms with E-state index in [1.807, 2.05) is 0 Å². The van der Waals surface area contributed by atoms with Gasteiger partial charge in [0.05, 0.1) is 13.7 Å². The Kier molecular flexibility index (Phi) is 2.57. The van der Waals surface area contributed by atoms with E-state index in [-0.39, 0.29) is 12.4 Å². The first-order chi connectivity index (χ1) is 5.79. The maximum atomic E-state index is 10.9. The molecule has 0 aliphatic heterocycles. The van der Waals surface area contributed by atoms with Crippen LogP contribution in [0.2, 0.25) is 0 Å². The van der Waals surface area contributed by atoms with E-state index in [2.05, 4.69) is 9.72 Å². The fraction of sp³-hybridized carbons (Fsp3) is 0.286. The Balaban J connectivity index is 2.90. The van der Waals surface area contributed by atoms with Crippen LogP contribution in [0.5, 0.6) is 0 Å². The molecule has 0 aromatic carbocycles. The molecular formula is C7H8N2O3. The zero-order chi connectivity index (χ0) is 8.97. The van der Waals surface area contributed by atoms with E-state index < -0.39 is 5.97 Å². The Labute approximate surface area is 69.0 Å². The van der Waals surface area contributed by atoms with Crippen molar-refractivity contribution in [2.75, 3.05) is 7.11 Å². The molecule has 0 fully saturated rings. The number of imidazole rings is 1. The highest BCUT2D eigenvalue weighted by Crippen LogP contribution is 1.97. The number of esters is 1. The number of aldehydes is 1. The van der Waals surface area contributed by atoms with Gasteiger partial charge >= 0.3 is 5.97 Å². The van der Waals surface area contributed by atoms with E-state index in [9.17, 15) is 9.59 Å². The molecule has 12 heavy (non-hydrogen) atoms. The van der Waals surface area contributed by atoms with Crippen LogP contribution in [0.1, 0.15) is 10.6 Å². The van der Waals surface area contributed by atoms with Gasteiger partial charge in [-0.15, -0.1) is 0 Å². The van der Waals surface area contributed by atoms with Gasteiger partial charge in [0.1, 0.15) is 6.29 Å². The third-order valence-corrected chi connectivity index (χ3v) is 1.35. The third kappa shape index (κ3) is 1.50. The Bertz CT molecular complexity index is 293. The normalized spacial score (nSPS) is 9.42. The van der Waals surface area contributed by atoms with Gasteiger partial charge in [0.25, 0.3) is 0 Å². The Morgan fingerprint density at radius 3 is 3.17 bits per heavy atom. The zero-order valence-corrected chi connectivity index (χ0v) is 6.56. The maximum absolute atomic E-state index is 10.9. The molecule has 0 aliphatic carbocycles. The Morgan fingerprint density at radius 2 is 2.58 bits per heavy atom. The maximum Gasteiger partial charge on any atom is 0.374 e. The van der Waals surface area contributed by atoms with Crippen LogP contribution in [0.15, 0.2) is 12.4 Å². The van der Waals surface area contributed by atoms with Crippen LogP contribution in [-0.2, 0) is 16.1 Å². The lowest BCUT2D eigenvalue weighted by Crippen LogP contribution is -2.11. The molecular weight excluding hydrogens is 160 g/mol. The van der Waals surface area contributed by atoms with Gasteiger partial charge in [0.15, 0.2) is 0 Å². The number of ether oxygens (including phenoxy) is 1. The van der Waals surface area contributed by atoms with Crippen molar-refractivity contribution in [1.82, 2.24) is 9.55 Å². The predicted molar refractivity (Wildman–Crippen MR) is 39.6 cm³/mol. The molecule has 0 saturated carbocycles. The molecule has 0 aliphatic rings. The Hall–Kier alpha value is -1.65. The highest BCUT2D eigenvalue weighted by Gasteiger charge is 2.11. The number of hydrogen-bond donors (Lipinski definition) is 0. The van der Waals surface area contributed by atoms with Gasteiger partial charge in [-0.1, -0.05) is 0 Å². The fourth-order valence-electron chi connectivity index (χ4n) is 0.818. The van der Waals surface area contributed by atoms with Crippen molar-refractivity contribution in [3.63, 3.8) is 0 Å². The predicted octanol–water partition coefficient (Wildman–Crippen LogP) is -0.131. The molecule has 0 N–H and O–H groups in total. The second kappa shape index (κ2) is 3.66.